The standard InChI is InChI=1S/C22H19F2N3O2/c23-18-6-4-15(10-19(18)24)21(12-28)27-22(29)16-3-1-2-13(8-16)14-5-7-20(26)17(9-14)11-25/h1-11,21,25,28H,12,26H2,(H,27,29). The molecule has 1 atom stereocenters. The van der Waals surface area contributed by atoms with E-state index in [2.05, 4.69) is 5.32 Å². The molecule has 5 nitrogen and oxygen atoms in total. The molecule has 0 aliphatic carbocycles. The van der Waals surface area contributed by atoms with Gasteiger partial charge in [-0.3, -0.25) is 4.79 Å². The number of aliphatic hydroxyl groups is 1. The Balaban J connectivity index is 1.85. The number of carbonyl (C=O) groups is 1. The lowest BCUT2D eigenvalue weighted by Crippen LogP contribution is -2.30. The second kappa shape index (κ2) is 8.62. The molecule has 3 rings (SSSR count). The number of hydrogen-bond donors (Lipinski definition) is 4. The summed E-state index contributed by atoms with van der Waals surface area (Å²) in [6.45, 7) is -0.475. The fourth-order valence-corrected chi connectivity index (χ4v) is 2.92. The summed E-state index contributed by atoms with van der Waals surface area (Å²) in [5.41, 5.74) is 8.97. The smallest absolute Gasteiger partial charge is 0.251 e. The molecule has 7 heteroatoms. The van der Waals surface area contributed by atoms with E-state index in [9.17, 15) is 18.7 Å². The number of halogens is 2. The zero-order valence-corrected chi connectivity index (χ0v) is 15.3. The molecule has 1 unspecified atom stereocenters. The molecule has 0 spiro atoms. The predicted molar refractivity (Wildman–Crippen MR) is 108 cm³/mol. The fraction of sp³-hybridized carbons (Fsp3) is 0.0909. The predicted octanol–water partition coefficient (Wildman–Crippen LogP) is 3.68. The van der Waals surface area contributed by atoms with Gasteiger partial charge in [-0.25, -0.2) is 8.78 Å². The molecule has 0 aliphatic rings. The van der Waals surface area contributed by atoms with Crippen molar-refractivity contribution in [3.63, 3.8) is 0 Å². The van der Waals surface area contributed by atoms with E-state index in [0.717, 1.165) is 29.5 Å². The van der Waals surface area contributed by atoms with E-state index in [1.807, 2.05) is 6.07 Å². The van der Waals surface area contributed by atoms with Crippen LogP contribution in [0.15, 0.2) is 60.7 Å². The number of hydrogen-bond acceptors (Lipinski definition) is 4. The SMILES string of the molecule is N=Cc1cc(-c2cccc(C(=O)NC(CO)c3ccc(F)c(F)c3)c2)ccc1N. The highest BCUT2D eigenvalue weighted by atomic mass is 19.2. The van der Waals surface area contributed by atoms with Crippen LogP contribution in [0, 0.1) is 17.0 Å². The van der Waals surface area contributed by atoms with E-state index in [1.165, 1.54) is 6.07 Å². The van der Waals surface area contributed by atoms with E-state index in [-0.39, 0.29) is 5.56 Å². The second-order valence-electron chi connectivity index (χ2n) is 6.45. The summed E-state index contributed by atoms with van der Waals surface area (Å²) in [5, 5.41) is 19.6. The molecular weight excluding hydrogens is 376 g/mol. The molecule has 0 radical (unpaired) electrons. The molecule has 0 aromatic heterocycles. The zero-order valence-electron chi connectivity index (χ0n) is 15.3. The van der Waals surface area contributed by atoms with Crippen LogP contribution in [0.3, 0.4) is 0 Å². The van der Waals surface area contributed by atoms with Crippen LogP contribution in [0.5, 0.6) is 0 Å². The van der Waals surface area contributed by atoms with Crippen molar-refractivity contribution in [2.75, 3.05) is 12.3 Å². The van der Waals surface area contributed by atoms with Crippen LogP contribution in [0.1, 0.15) is 27.5 Å². The van der Waals surface area contributed by atoms with Crippen LogP contribution in [0.4, 0.5) is 14.5 Å². The Morgan fingerprint density at radius 2 is 1.83 bits per heavy atom. The molecule has 0 heterocycles. The van der Waals surface area contributed by atoms with Gasteiger partial charge in [0.05, 0.1) is 12.6 Å². The molecule has 3 aromatic rings. The molecule has 0 saturated heterocycles. The molecule has 29 heavy (non-hydrogen) atoms. The summed E-state index contributed by atoms with van der Waals surface area (Å²) >= 11 is 0. The first kappa shape index (κ1) is 20.2. The van der Waals surface area contributed by atoms with Crippen molar-refractivity contribution in [1.29, 1.82) is 5.41 Å². The first-order chi connectivity index (χ1) is 13.9. The summed E-state index contributed by atoms with van der Waals surface area (Å²) in [5.74, 6) is -2.53. The van der Waals surface area contributed by atoms with Gasteiger partial charge in [0.25, 0.3) is 5.91 Å². The van der Waals surface area contributed by atoms with E-state index in [0.29, 0.717) is 16.8 Å². The lowest BCUT2D eigenvalue weighted by Gasteiger charge is -2.17. The average molecular weight is 395 g/mol. The Morgan fingerprint density at radius 3 is 2.52 bits per heavy atom. The Hall–Kier alpha value is -3.58. The van der Waals surface area contributed by atoms with Gasteiger partial charge in [-0.15, -0.1) is 0 Å². The third-order valence-corrected chi connectivity index (χ3v) is 4.53. The lowest BCUT2D eigenvalue weighted by molar-refractivity contribution is 0.0916. The zero-order chi connectivity index (χ0) is 21.0. The quantitative estimate of drug-likeness (QED) is 0.378. The fourth-order valence-electron chi connectivity index (χ4n) is 2.92. The maximum absolute atomic E-state index is 13.5. The highest BCUT2D eigenvalue weighted by molar-refractivity contribution is 5.96. The number of carbonyl (C=O) groups excluding carboxylic acids is 1. The number of rotatable bonds is 6. The molecule has 3 aromatic carbocycles. The average Bonchev–Trinajstić information content (AvgIpc) is 2.74. The number of benzene rings is 3. The summed E-state index contributed by atoms with van der Waals surface area (Å²) in [6.07, 6.45) is 1.16. The van der Waals surface area contributed by atoms with Crippen molar-refractivity contribution in [2.45, 2.75) is 6.04 Å². The number of nitrogens with one attached hydrogen (secondary N) is 2. The van der Waals surface area contributed by atoms with Crippen molar-refractivity contribution >= 4 is 17.8 Å². The molecule has 0 fully saturated rings. The van der Waals surface area contributed by atoms with Gasteiger partial charge in [0.15, 0.2) is 11.6 Å². The minimum atomic E-state index is -1.05. The third-order valence-electron chi connectivity index (χ3n) is 4.53. The topological polar surface area (TPSA) is 99.2 Å². The van der Waals surface area contributed by atoms with Gasteiger partial charge in [0.1, 0.15) is 0 Å². The normalized spacial score (nSPS) is 11.7. The van der Waals surface area contributed by atoms with Crippen LogP contribution in [-0.4, -0.2) is 23.8 Å². The Kier molecular flexibility index (Phi) is 5.99. The minimum absolute atomic E-state index is 0.255. The van der Waals surface area contributed by atoms with Crippen molar-refractivity contribution in [3.8, 4) is 11.1 Å². The number of amides is 1. The van der Waals surface area contributed by atoms with Gasteiger partial charge >= 0.3 is 0 Å². The van der Waals surface area contributed by atoms with Crippen molar-refractivity contribution in [3.05, 3.63) is 89.0 Å². The van der Waals surface area contributed by atoms with Gasteiger partial charge in [0.2, 0.25) is 0 Å². The molecule has 0 bridgehead atoms. The van der Waals surface area contributed by atoms with E-state index >= 15 is 0 Å². The molecular formula is C22H19F2N3O2. The van der Waals surface area contributed by atoms with Crippen molar-refractivity contribution in [2.24, 2.45) is 0 Å². The summed E-state index contributed by atoms with van der Waals surface area (Å²) < 4.78 is 26.6. The molecule has 0 saturated carbocycles. The minimum Gasteiger partial charge on any atom is -0.398 e. The molecule has 0 aliphatic heterocycles. The molecule has 1 amide bonds. The van der Waals surface area contributed by atoms with Gasteiger partial charge in [-0.1, -0.05) is 24.3 Å². The van der Waals surface area contributed by atoms with Gasteiger partial charge in [-0.05, 0) is 53.1 Å². The molecule has 5 N–H and O–H groups in total. The number of anilines is 1. The van der Waals surface area contributed by atoms with Crippen LogP contribution < -0.4 is 11.1 Å². The number of nitrogens with two attached hydrogens (primary N) is 1. The Bertz CT molecular complexity index is 1070. The van der Waals surface area contributed by atoms with E-state index in [4.69, 9.17) is 11.1 Å². The first-order valence-electron chi connectivity index (χ1n) is 8.80. The summed E-state index contributed by atoms with van der Waals surface area (Å²) in [4.78, 5) is 12.7. The van der Waals surface area contributed by atoms with Gasteiger partial charge in [0, 0.05) is 23.0 Å². The maximum Gasteiger partial charge on any atom is 0.251 e. The molecule has 148 valence electrons. The van der Waals surface area contributed by atoms with E-state index in [1.54, 1.807) is 36.4 Å². The van der Waals surface area contributed by atoms with E-state index < -0.39 is 30.2 Å². The largest absolute Gasteiger partial charge is 0.398 e. The number of nitrogen functional groups attached to an aromatic ring is 1. The van der Waals surface area contributed by atoms with Gasteiger partial charge < -0.3 is 21.6 Å². The third kappa shape index (κ3) is 4.47. The van der Waals surface area contributed by atoms with Crippen LogP contribution in [0.25, 0.3) is 11.1 Å². The lowest BCUT2D eigenvalue weighted by atomic mass is 10.00. The highest BCUT2D eigenvalue weighted by Gasteiger charge is 2.17. The maximum atomic E-state index is 13.5. The Morgan fingerprint density at radius 1 is 1.07 bits per heavy atom. The van der Waals surface area contributed by atoms with Crippen LogP contribution >= 0.6 is 0 Å². The van der Waals surface area contributed by atoms with Crippen LogP contribution in [-0.2, 0) is 0 Å². The number of aliphatic hydroxyl groups excluding tert-OH is 1. The van der Waals surface area contributed by atoms with Crippen LogP contribution in [0.2, 0.25) is 0 Å². The first-order valence-corrected chi connectivity index (χ1v) is 8.80. The monoisotopic (exact) mass is 395 g/mol. The summed E-state index contributed by atoms with van der Waals surface area (Å²) in [6, 6.07) is 14.3. The highest BCUT2D eigenvalue weighted by Crippen LogP contribution is 2.24. The van der Waals surface area contributed by atoms with Crippen molar-refractivity contribution in [1.82, 2.24) is 5.32 Å². The second-order valence-corrected chi connectivity index (χ2v) is 6.45. The van der Waals surface area contributed by atoms with Gasteiger partial charge in [-0.2, -0.15) is 0 Å². The summed E-state index contributed by atoms with van der Waals surface area (Å²) in [7, 11) is 0. The Labute approximate surface area is 166 Å². The van der Waals surface area contributed by atoms with Crippen molar-refractivity contribution < 1.29 is 18.7 Å².